The van der Waals surface area contributed by atoms with Crippen molar-refractivity contribution in [2.45, 2.75) is 38.9 Å². The molecule has 1 aromatic carbocycles. The van der Waals surface area contributed by atoms with E-state index in [4.69, 9.17) is 9.47 Å². The topological polar surface area (TPSA) is 76.7 Å². The van der Waals surface area contributed by atoms with Gasteiger partial charge >= 0.3 is 11.9 Å². The van der Waals surface area contributed by atoms with E-state index in [0.717, 1.165) is 22.8 Å². The fourth-order valence-corrected chi connectivity index (χ4v) is 2.75. The first-order valence-corrected chi connectivity index (χ1v) is 7.94. The Morgan fingerprint density at radius 1 is 0.792 bits per heavy atom. The van der Waals surface area contributed by atoms with Crippen molar-refractivity contribution in [3.63, 3.8) is 0 Å². The molecule has 24 heavy (non-hydrogen) atoms. The minimum atomic E-state index is -0.320. The lowest BCUT2D eigenvalue weighted by molar-refractivity contribution is -0.144. The summed E-state index contributed by atoms with van der Waals surface area (Å²) in [5.74, 6) is -0.639. The first-order chi connectivity index (χ1) is 11.5. The molecule has 0 bridgehead atoms. The van der Waals surface area contributed by atoms with Crippen LogP contribution in [0.2, 0.25) is 0 Å². The standard InChI is InChI=1S/C18H20N2O4/c1-11-7-15(9-17(21)23-11)19-13-3-5-14(6-4-13)20-16-8-12(2)24-18(22)10-16/h3-6,9-12,19-20H,7-8H2,1-2H3/t11-,12-/m1/s1. The van der Waals surface area contributed by atoms with Gasteiger partial charge in [0.05, 0.1) is 0 Å². The number of benzene rings is 1. The molecule has 0 radical (unpaired) electrons. The van der Waals surface area contributed by atoms with Gasteiger partial charge in [-0.3, -0.25) is 0 Å². The zero-order valence-corrected chi connectivity index (χ0v) is 13.7. The van der Waals surface area contributed by atoms with Gasteiger partial charge in [0.15, 0.2) is 0 Å². The number of cyclic esters (lactones) is 2. The maximum atomic E-state index is 11.4. The van der Waals surface area contributed by atoms with Gasteiger partial charge in [0.2, 0.25) is 0 Å². The molecular formula is C18H20N2O4. The van der Waals surface area contributed by atoms with E-state index in [1.165, 1.54) is 12.2 Å². The Hall–Kier alpha value is -2.76. The van der Waals surface area contributed by atoms with Crippen molar-refractivity contribution in [1.82, 2.24) is 0 Å². The van der Waals surface area contributed by atoms with Crippen LogP contribution in [0.4, 0.5) is 11.4 Å². The van der Waals surface area contributed by atoms with Crippen molar-refractivity contribution in [1.29, 1.82) is 0 Å². The highest BCUT2D eigenvalue weighted by Crippen LogP contribution is 2.22. The number of carbonyl (C=O) groups excluding carboxylic acids is 2. The predicted octanol–water partition coefficient (Wildman–Crippen LogP) is 2.95. The van der Waals surface area contributed by atoms with Gasteiger partial charge in [-0.15, -0.1) is 0 Å². The fraction of sp³-hybridized carbons (Fsp3) is 0.333. The van der Waals surface area contributed by atoms with Crippen LogP contribution in [0.5, 0.6) is 0 Å². The largest absolute Gasteiger partial charge is 0.459 e. The molecule has 0 spiro atoms. The van der Waals surface area contributed by atoms with Gasteiger partial charge < -0.3 is 20.1 Å². The number of esters is 2. The van der Waals surface area contributed by atoms with Gasteiger partial charge in [-0.25, -0.2) is 9.59 Å². The Morgan fingerprint density at radius 2 is 1.17 bits per heavy atom. The average molecular weight is 328 g/mol. The quantitative estimate of drug-likeness (QED) is 0.828. The number of ether oxygens (including phenoxy) is 2. The smallest absolute Gasteiger partial charge is 0.332 e. The second-order valence-electron chi connectivity index (χ2n) is 6.07. The molecule has 0 saturated carbocycles. The molecule has 0 aliphatic carbocycles. The summed E-state index contributed by atoms with van der Waals surface area (Å²) in [6.45, 7) is 3.73. The molecule has 126 valence electrons. The van der Waals surface area contributed by atoms with E-state index in [2.05, 4.69) is 10.6 Å². The molecule has 0 unspecified atom stereocenters. The first-order valence-electron chi connectivity index (χ1n) is 7.94. The third kappa shape index (κ3) is 4.16. The van der Waals surface area contributed by atoms with Gasteiger partial charge in [0.25, 0.3) is 0 Å². The SMILES string of the molecule is C[C@@H]1CC(Nc2ccc(NC3=CC(=O)O[C@H](C)C3)cc2)=CC(=O)O1. The van der Waals surface area contributed by atoms with E-state index in [-0.39, 0.29) is 24.1 Å². The molecule has 2 aliphatic heterocycles. The van der Waals surface area contributed by atoms with Crippen molar-refractivity contribution < 1.29 is 19.1 Å². The Morgan fingerprint density at radius 3 is 1.50 bits per heavy atom. The normalized spacial score (nSPS) is 23.6. The van der Waals surface area contributed by atoms with E-state index in [1.807, 2.05) is 38.1 Å². The molecule has 2 N–H and O–H groups in total. The van der Waals surface area contributed by atoms with Crippen molar-refractivity contribution in [3.8, 4) is 0 Å². The van der Waals surface area contributed by atoms with Crippen LogP contribution in [0.25, 0.3) is 0 Å². The molecule has 0 fully saturated rings. The van der Waals surface area contributed by atoms with E-state index >= 15 is 0 Å². The lowest BCUT2D eigenvalue weighted by atomic mass is 10.1. The van der Waals surface area contributed by atoms with Crippen LogP contribution in [0.3, 0.4) is 0 Å². The lowest BCUT2D eigenvalue weighted by Crippen LogP contribution is -2.22. The molecule has 2 aliphatic rings. The van der Waals surface area contributed by atoms with E-state index in [0.29, 0.717) is 12.8 Å². The van der Waals surface area contributed by atoms with E-state index in [1.54, 1.807) is 0 Å². The van der Waals surface area contributed by atoms with Crippen LogP contribution < -0.4 is 10.6 Å². The van der Waals surface area contributed by atoms with Crippen molar-refractivity contribution in [2.75, 3.05) is 10.6 Å². The molecule has 1 aromatic rings. The van der Waals surface area contributed by atoms with Crippen LogP contribution in [0.15, 0.2) is 47.8 Å². The average Bonchev–Trinajstić information content (AvgIpc) is 2.47. The molecule has 6 nitrogen and oxygen atoms in total. The number of nitrogens with one attached hydrogen (secondary N) is 2. The number of hydrogen-bond donors (Lipinski definition) is 2. The second kappa shape index (κ2) is 6.78. The molecule has 0 saturated heterocycles. The number of anilines is 2. The van der Waals surface area contributed by atoms with Crippen molar-refractivity contribution >= 4 is 23.3 Å². The summed E-state index contributed by atoms with van der Waals surface area (Å²) in [7, 11) is 0. The zero-order chi connectivity index (χ0) is 17.1. The number of rotatable bonds is 4. The Balaban J connectivity index is 1.63. The van der Waals surface area contributed by atoms with Crippen LogP contribution in [0.1, 0.15) is 26.7 Å². The maximum absolute atomic E-state index is 11.4. The van der Waals surface area contributed by atoms with Gasteiger partial charge in [-0.1, -0.05) is 0 Å². The molecular weight excluding hydrogens is 308 g/mol. The summed E-state index contributed by atoms with van der Waals surface area (Å²) in [6.07, 6.45) is 4.05. The summed E-state index contributed by atoms with van der Waals surface area (Å²) in [4.78, 5) is 22.8. The fourth-order valence-electron chi connectivity index (χ4n) is 2.75. The predicted molar refractivity (Wildman–Crippen MR) is 90.2 cm³/mol. The van der Waals surface area contributed by atoms with Crippen molar-refractivity contribution in [3.05, 3.63) is 47.8 Å². The maximum Gasteiger partial charge on any atom is 0.332 e. The van der Waals surface area contributed by atoms with Gasteiger partial charge in [-0.05, 0) is 38.1 Å². The molecule has 0 aromatic heterocycles. The van der Waals surface area contributed by atoms with Crippen LogP contribution >= 0.6 is 0 Å². The zero-order valence-electron chi connectivity index (χ0n) is 13.7. The molecule has 2 atom stereocenters. The highest BCUT2D eigenvalue weighted by Gasteiger charge is 2.18. The number of hydrogen-bond acceptors (Lipinski definition) is 6. The summed E-state index contributed by atoms with van der Waals surface area (Å²) in [5.41, 5.74) is 3.45. The van der Waals surface area contributed by atoms with E-state index < -0.39 is 0 Å². The number of carbonyl (C=O) groups is 2. The summed E-state index contributed by atoms with van der Waals surface area (Å²) >= 11 is 0. The summed E-state index contributed by atoms with van der Waals surface area (Å²) < 4.78 is 10.1. The van der Waals surface area contributed by atoms with Crippen LogP contribution in [-0.2, 0) is 19.1 Å². The minimum Gasteiger partial charge on any atom is -0.459 e. The molecule has 3 rings (SSSR count). The molecule has 0 amide bonds. The Bertz CT molecular complexity index is 645. The second-order valence-corrected chi connectivity index (χ2v) is 6.07. The first kappa shape index (κ1) is 16.1. The van der Waals surface area contributed by atoms with Crippen LogP contribution in [0, 0.1) is 0 Å². The summed E-state index contributed by atoms with van der Waals surface area (Å²) in [5, 5.41) is 6.46. The van der Waals surface area contributed by atoms with Gasteiger partial charge in [0, 0.05) is 47.8 Å². The minimum absolute atomic E-state index is 0.120. The third-order valence-electron chi connectivity index (χ3n) is 3.73. The van der Waals surface area contributed by atoms with Gasteiger partial charge in [0.1, 0.15) is 12.2 Å². The van der Waals surface area contributed by atoms with Gasteiger partial charge in [-0.2, -0.15) is 0 Å². The third-order valence-corrected chi connectivity index (χ3v) is 3.73. The lowest BCUT2D eigenvalue weighted by Gasteiger charge is -2.22. The highest BCUT2D eigenvalue weighted by molar-refractivity contribution is 5.85. The monoisotopic (exact) mass is 328 g/mol. The molecule has 6 heteroatoms. The van der Waals surface area contributed by atoms with Crippen molar-refractivity contribution in [2.24, 2.45) is 0 Å². The molecule has 2 heterocycles. The highest BCUT2D eigenvalue weighted by atomic mass is 16.5. The van der Waals surface area contributed by atoms with E-state index in [9.17, 15) is 9.59 Å². The van der Waals surface area contributed by atoms with Crippen LogP contribution in [-0.4, -0.2) is 24.1 Å². The Labute approximate surface area is 140 Å². The Kier molecular flexibility index (Phi) is 4.55. The summed E-state index contributed by atoms with van der Waals surface area (Å²) in [6, 6.07) is 7.66.